The van der Waals surface area contributed by atoms with Gasteiger partial charge >= 0.3 is 0 Å². The van der Waals surface area contributed by atoms with Crippen LogP contribution in [-0.2, 0) is 4.79 Å². The summed E-state index contributed by atoms with van der Waals surface area (Å²) in [6.45, 7) is 0. The van der Waals surface area contributed by atoms with Gasteiger partial charge in [-0.3, -0.25) is 14.5 Å². The van der Waals surface area contributed by atoms with Crippen molar-refractivity contribution in [3.8, 4) is 11.5 Å². The van der Waals surface area contributed by atoms with Crippen LogP contribution in [0.5, 0.6) is 11.5 Å². The molecule has 4 rings (SSSR count). The van der Waals surface area contributed by atoms with Crippen LogP contribution < -0.4 is 19.7 Å². The van der Waals surface area contributed by atoms with Crippen LogP contribution in [0.3, 0.4) is 0 Å². The predicted molar refractivity (Wildman–Crippen MR) is 129 cm³/mol. The van der Waals surface area contributed by atoms with E-state index in [2.05, 4.69) is 5.32 Å². The monoisotopic (exact) mass is 480 g/mol. The molecular formula is C27H29FN2O5. The highest BCUT2D eigenvalue weighted by atomic mass is 19.1. The van der Waals surface area contributed by atoms with Gasteiger partial charge in [-0.25, -0.2) is 4.39 Å². The van der Waals surface area contributed by atoms with Gasteiger partial charge in [-0.05, 0) is 66.9 Å². The maximum atomic E-state index is 13.8. The van der Waals surface area contributed by atoms with Crippen molar-refractivity contribution in [3.63, 3.8) is 0 Å². The Bertz CT molecular complexity index is 1140. The van der Waals surface area contributed by atoms with Crippen LogP contribution in [0.1, 0.15) is 54.3 Å². The first-order valence-electron chi connectivity index (χ1n) is 11.7. The molecule has 7 nitrogen and oxygen atoms in total. The molecule has 1 aromatic heterocycles. The van der Waals surface area contributed by atoms with Gasteiger partial charge in [0.2, 0.25) is 5.91 Å². The van der Waals surface area contributed by atoms with Gasteiger partial charge < -0.3 is 19.2 Å². The minimum absolute atomic E-state index is 0.0210. The molecule has 1 atom stereocenters. The van der Waals surface area contributed by atoms with Gasteiger partial charge in [-0.2, -0.15) is 0 Å². The number of rotatable bonds is 8. The Balaban J connectivity index is 1.82. The van der Waals surface area contributed by atoms with Crippen LogP contribution in [-0.4, -0.2) is 32.1 Å². The number of benzene rings is 2. The zero-order valence-electron chi connectivity index (χ0n) is 19.8. The molecule has 2 amide bonds. The number of hydrogen-bond donors (Lipinski definition) is 1. The van der Waals surface area contributed by atoms with E-state index in [9.17, 15) is 14.0 Å². The van der Waals surface area contributed by atoms with Crippen LogP contribution in [0.4, 0.5) is 10.1 Å². The van der Waals surface area contributed by atoms with Crippen molar-refractivity contribution in [3.05, 3.63) is 78.0 Å². The maximum Gasteiger partial charge on any atom is 0.294 e. The molecule has 1 aliphatic rings. The fourth-order valence-electron chi connectivity index (χ4n) is 4.47. The fraction of sp³-hybridized carbons (Fsp3) is 0.333. The van der Waals surface area contributed by atoms with Gasteiger partial charge in [0.1, 0.15) is 11.9 Å². The lowest BCUT2D eigenvalue weighted by Gasteiger charge is -2.33. The smallest absolute Gasteiger partial charge is 0.294 e. The first kappa shape index (κ1) is 24.3. The van der Waals surface area contributed by atoms with E-state index in [1.165, 1.54) is 55.7 Å². The number of methoxy groups -OCH3 is 2. The molecule has 1 aliphatic carbocycles. The zero-order valence-corrected chi connectivity index (χ0v) is 19.8. The Kier molecular flexibility index (Phi) is 7.70. The lowest BCUT2D eigenvalue weighted by Crippen LogP contribution is -2.47. The number of amides is 2. The molecule has 0 radical (unpaired) electrons. The Morgan fingerprint density at radius 1 is 1.00 bits per heavy atom. The van der Waals surface area contributed by atoms with Crippen LogP contribution in [0, 0.1) is 5.82 Å². The third kappa shape index (κ3) is 5.48. The van der Waals surface area contributed by atoms with Crippen molar-refractivity contribution in [1.29, 1.82) is 0 Å². The first-order valence-corrected chi connectivity index (χ1v) is 11.7. The zero-order chi connectivity index (χ0) is 24.8. The molecule has 1 saturated carbocycles. The van der Waals surface area contributed by atoms with Gasteiger partial charge in [0.15, 0.2) is 17.3 Å². The Morgan fingerprint density at radius 2 is 1.71 bits per heavy atom. The summed E-state index contributed by atoms with van der Waals surface area (Å²) in [7, 11) is 3.03. The van der Waals surface area contributed by atoms with Crippen molar-refractivity contribution in [2.45, 2.75) is 44.2 Å². The summed E-state index contributed by atoms with van der Waals surface area (Å²) in [6.07, 6.45) is 6.38. The van der Waals surface area contributed by atoms with Gasteiger partial charge in [0, 0.05) is 11.7 Å². The summed E-state index contributed by atoms with van der Waals surface area (Å²) in [5.41, 5.74) is 0.867. The Labute approximate surface area is 203 Å². The molecule has 184 valence electrons. The molecule has 0 spiro atoms. The molecule has 2 aromatic carbocycles. The lowest BCUT2D eigenvalue weighted by molar-refractivity contribution is -0.123. The third-order valence-corrected chi connectivity index (χ3v) is 6.24. The number of nitrogens with zero attached hydrogens (tertiary/aromatic N) is 1. The predicted octanol–water partition coefficient (Wildman–Crippen LogP) is 5.27. The molecule has 0 aliphatic heterocycles. The van der Waals surface area contributed by atoms with Crippen molar-refractivity contribution < 1.29 is 27.9 Å². The molecule has 1 N–H and O–H groups in total. The summed E-state index contributed by atoms with van der Waals surface area (Å²) in [5.74, 6) is -0.342. The van der Waals surface area contributed by atoms with Gasteiger partial charge in [0.05, 0.1) is 20.5 Å². The third-order valence-electron chi connectivity index (χ3n) is 6.24. The minimum Gasteiger partial charge on any atom is -0.493 e. The topological polar surface area (TPSA) is 81.0 Å². The van der Waals surface area contributed by atoms with Crippen LogP contribution >= 0.6 is 0 Å². The van der Waals surface area contributed by atoms with E-state index in [0.717, 1.165) is 32.1 Å². The molecule has 1 unspecified atom stereocenters. The normalized spacial score (nSPS) is 14.7. The van der Waals surface area contributed by atoms with Crippen molar-refractivity contribution in [2.75, 3.05) is 19.1 Å². The molecule has 1 fully saturated rings. The highest BCUT2D eigenvalue weighted by Crippen LogP contribution is 2.35. The van der Waals surface area contributed by atoms with Crippen LogP contribution in [0.2, 0.25) is 0 Å². The number of halogens is 1. The largest absolute Gasteiger partial charge is 0.493 e. The van der Waals surface area contributed by atoms with E-state index < -0.39 is 17.8 Å². The Morgan fingerprint density at radius 3 is 2.34 bits per heavy atom. The Hall–Kier alpha value is -3.81. The van der Waals surface area contributed by atoms with E-state index in [-0.39, 0.29) is 17.7 Å². The van der Waals surface area contributed by atoms with Crippen LogP contribution in [0.25, 0.3) is 0 Å². The van der Waals surface area contributed by atoms with E-state index in [1.54, 1.807) is 24.3 Å². The SMILES string of the molecule is COc1ccc(C(C(=O)NC2CCCCC2)N(C(=O)c2ccco2)c2ccc(F)cc2)cc1OC. The van der Waals surface area contributed by atoms with E-state index in [0.29, 0.717) is 22.7 Å². The average Bonchev–Trinajstić information content (AvgIpc) is 3.43. The standard InChI is InChI=1S/C27H29FN2O5/c1-33-22-15-10-18(17-24(22)34-2)25(26(31)29-20-7-4-3-5-8-20)30(21-13-11-19(28)12-14-21)27(32)23-9-6-16-35-23/h6,9-17,20,25H,3-5,7-8H2,1-2H3,(H,29,31). The lowest BCUT2D eigenvalue weighted by atomic mass is 9.94. The number of carbonyl (C=O) groups is 2. The minimum atomic E-state index is -1.07. The second kappa shape index (κ2) is 11.1. The van der Waals surface area contributed by atoms with E-state index in [4.69, 9.17) is 13.9 Å². The molecular weight excluding hydrogens is 451 g/mol. The molecule has 1 heterocycles. The van der Waals surface area contributed by atoms with Gasteiger partial charge in [-0.1, -0.05) is 25.3 Å². The average molecular weight is 481 g/mol. The second-order valence-corrected chi connectivity index (χ2v) is 8.49. The molecule has 8 heteroatoms. The fourth-order valence-corrected chi connectivity index (χ4v) is 4.47. The number of carbonyl (C=O) groups excluding carboxylic acids is 2. The summed E-state index contributed by atoms with van der Waals surface area (Å²) in [5, 5.41) is 3.14. The number of anilines is 1. The molecule has 0 bridgehead atoms. The van der Waals surface area contributed by atoms with Crippen molar-refractivity contribution >= 4 is 17.5 Å². The second-order valence-electron chi connectivity index (χ2n) is 8.49. The quantitative estimate of drug-likeness (QED) is 0.475. The van der Waals surface area contributed by atoms with Gasteiger partial charge in [0.25, 0.3) is 5.91 Å². The molecule has 35 heavy (non-hydrogen) atoms. The summed E-state index contributed by atoms with van der Waals surface area (Å²) in [6, 6.07) is 12.6. The van der Waals surface area contributed by atoms with E-state index >= 15 is 0 Å². The number of ether oxygens (including phenoxy) is 2. The summed E-state index contributed by atoms with van der Waals surface area (Å²) in [4.78, 5) is 28.9. The molecule has 0 saturated heterocycles. The maximum absolute atomic E-state index is 13.8. The van der Waals surface area contributed by atoms with Gasteiger partial charge in [-0.15, -0.1) is 0 Å². The molecule has 3 aromatic rings. The summed E-state index contributed by atoms with van der Waals surface area (Å²) < 4.78 is 30.0. The van der Waals surface area contributed by atoms with Crippen molar-refractivity contribution in [2.24, 2.45) is 0 Å². The highest BCUT2D eigenvalue weighted by molar-refractivity contribution is 6.08. The van der Waals surface area contributed by atoms with Crippen LogP contribution in [0.15, 0.2) is 65.3 Å². The van der Waals surface area contributed by atoms with E-state index in [1.807, 2.05) is 0 Å². The number of furan rings is 1. The highest BCUT2D eigenvalue weighted by Gasteiger charge is 2.36. The first-order chi connectivity index (χ1) is 17.0. The van der Waals surface area contributed by atoms with Crippen molar-refractivity contribution in [1.82, 2.24) is 5.32 Å². The number of nitrogens with one attached hydrogen (secondary N) is 1. The summed E-state index contributed by atoms with van der Waals surface area (Å²) >= 11 is 0. The number of hydrogen-bond acceptors (Lipinski definition) is 5.